The minimum absolute atomic E-state index is 0.613. The van der Waals surface area contributed by atoms with Gasteiger partial charge in [-0.05, 0) is 12.1 Å². The Kier molecular flexibility index (Phi) is 1.72. The third kappa shape index (κ3) is 1.20. The zero-order chi connectivity index (χ0) is 10.3. The number of hydrogen-bond donors (Lipinski definition) is 0. The Hall–Kier alpha value is -1.88. The minimum Gasteiger partial charge on any atom is -0.428 e. The number of benzene rings is 1. The van der Waals surface area contributed by atoms with E-state index in [4.69, 9.17) is 14.2 Å². The smallest absolute Gasteiger partial charge is 0.360 e. The van der Waals surface area contributed by atoms with Crippen molar-refractivity contribution in [3.05, 3.63) is 24.7 Å². The Morgan fingerprint density at radius 2 is 2.27 bits per heavy atom. The highest BCUT2D eigenvalue weighted by Gasteiger charge is 2.26. The summed E-state index contributed by atoms with van der Waals surface area (Å²) in [6.45, 7) is -0.680. The van der Waals surface area contributed by atoms with E-state index in [1.807, 2.05) is 12.1 Å². The van der Waals surface area contributed by atoms with E-state index in [1.165, 1.54) is 13.4 Å². The molecule has 1 aliphatic heterocycles. The summed E-state index contributed by atoms with van der Waals surface area (Å²) in [5, 5.41) is 0.914. The van der Waals surface area contributed by atoms with E-state index in [-0.39, 0.29) is 0 Å². The molecule has 15 heavy (non-hydrogen) atoms. The Bertz CT molecular complexity index is 515. The van der Waals surface area contributed by atoms with Gasteiger partial charge in [0, 0.05) is 18.7 Å². The lowest BCUT2D eigenvalue weighted by Gasteiger charge is -2.05. The van der Waals surface area contributed by atoms with Gasteiger partial charge in [0.15, 0.2) is 11.5 Å². The molecule has 0 N–H and O–H groups in total. The van der Waals surface area contributed by atoms with Crippen molar-refractivity contribution in [1.82, 2.24) is 9.97 Å². The van der Waals surface area contributed by atoms with Gasteiger partial charge in [0.05, 0.1) is 0 Å². The molecule has 1 aliphatic rings. The maximum absolute atomic E-state index is 5.43. The normalized spacial score (nSPS) is 18.3. The molecule has 1 aromatic heterocycles. The molecule has 0 radical (unpaired) electrons. The van der Waals surface area contributed by atoms with Crippen LogP contribution < -0.4 is 9.47 Å². The summed E-state index contributed by atoms with van der Waals surface area (Å²) in [4.78, 5) is 8.09. The molecule has 0 saturated heterocycles. The standard InChI is InChI=1S/C10H8N2O3/c1-13-10-14-7-3-2-6-4-11-5-12-8(6)9(7)15-10/h2-5,10H,1H3. The fraction of sp³-hybridized carbons (Fsp3) is 0.200. The predicted octanol–water partition coefficient (Wildman–Crippen LogP) is 1.33. The van der Waals surface area contributed by atoms with Gasteiger partial charge in [0.2, 0.25) is 0 Å². The summed E-state index contributed by atoms with van der Waals surface area (Å²) < 4.78 is 15.7. The second-order valence-electron chi connectivity index (χ2n) is 3.11. The fourth-order valence-corrected chi connectivity index (χ4v) is 1.54. The first kappa shape index (κ1) is 8.43. The Morgan fingerprint density at radius 3 is 3.13 bits per heavy atom. The first-order valence-electron chi connectivity index (χ1n) is 4.47. The van der Waals surface area contributed by atoms with Gasteiger partial charge in [-0.25, -0.2) is 9.97 Å². The van der Waals surface area contributed by atoms with Crippen LogP contribution in [0.1, 0.15) is 0 Å². The van der Waals surface area contributed by atoms with E-state index >= 15 is 0 Å². The molecule has 2 aromatic rings. The van der Waals surface area contributed by atoms with Gasteiger partial charge in [-0.15, -0.1) is 0 Å². The highest BCUT2D eigenvalue weighted by atomic mass is 16.9. The van der Waals surface area contributed by atoms with Crippen LogP contribution in [-0.2, 0) is 4.74 Å². The maximum Gasteiger partial charge on any atom is 0.360 e. The monoisotopic (exact) mass is 204 g/mol. The number of ether oxygens (including phenoxy) is 3. The van der Waals surface area contributed by atoms with Crippen LogP contribution in [0.15, 0.2) is 24.7 Å². The Morgan fingerprint density at radius 1 is 1.33 bits per heavy atom. The van der Waals surface area contributed by atoms with Crippen molar-refractivity contribution in [2.45, 2.75) is 6.48 Å². The van der Waals surface area contributed by atoms with Crippen molar-refractivity contribution in [3.63, 3.8) is 0 Å². The Balaban J connectivity index is 2.20. The molecule has 5 heteroatoms. The van der Waals surface area contributed by atoms with Gasteiger partial charge < -0.3 is 14.2 Å². The van der Waals surface area contributed by atoms with Crippen molar-refractivity contribution in [2.24, 2.45) is 0 Å². The van der Waals surface area contributed by atoms with Gasteiger partial charge in [0.1, 0.15) is 11.8 Å². The lowest BCUT2D eigenvalue weighted by molar-refractivity contribution is -0.157. The molecular weight excluding hydrogens is 196 g/mol. The van der Waals surface area contributed by atoms with E-state index in [1.54, 1.807) is 6.20 Å². The summed E-state index contributed by atoms with van der Waals surface area (Å²) in [6, 6.07) is 3.70. The number of hydrogen-bond acceptors (Lipinski definition) is 5. The van der Waals surface area contributed by atoms with Crippen molar-refractivity contribution < 1.29 is 14.2 Å². The second kappa shape index (κ2) is 3.06. The van der Waals surface area contributed by atoms with E-state index in [2.05, 4.69) is 9.97 Å². The zero-order valence-electron chi connectivity index (χ0n) is 8.01. The molecule has 1 unspecified atom stereocenters. The van der Waals surface area contributed by atoms with E-state index in [0.717, 1.165) is 10.9 Å². The number of aromatic nitrogens is 2. The van der Waals surface area contributed by atoms with Gasteiger partial charge in [-0.2, -0.15) is 0 Å². The predicted molar refractivity (Wildman–Crippen MR) is 51.6 cm³/mol. The zero-order valence-corrected chi connectivity index (χ0v) is 8.01. The number of methoxy groups -OCH3 is 1. The van der Waals surface area contributed by atoms with Crippen LogP contribution in [0, 0.1) is 0 Å². The average Bonchev–Trinajstić information content (AvgIpc) is 2.72. The van der Waals surface area contributed by atoms with Crippen molar-refractivity contribution in [1.29, 1.82) is 0 Å². The lowest BCUT2D eigenvalue weighted by Crippen LogP contribution is -2.19. The quantitative estimate of drug-likeness (QED) is 0.701. The molecule has 0 fully saturated rings. The maximum atomic E-state index is 5.43. The molecular formula is C10H8N2O3. The molecule has 0 spiro atoms. The molecule has 1 aromatic carbocycles. The molecule has 0 aliphatic carbocycles. The number of rotatable bonds is 1. The van der Waals surface area contributed by atoms with Crippen LogP contribution in [0.2, 0.25) is 0 Å². The largest absolute Gasteiger partial charge is 0.428 e. The van der Waals surface area contributed by atoms with Crippen LogP contribution in [0.4, 0.5) is 0 Å². The molecule has 2 heterocycles. The SMILES string of the molecule is COC1Oc2ccc3cncnc3c2O1. The molecule has 5 nitrogen and oxygen atoms in total. The number of fused-ring (bicyclic) bond motifs is 3. The van der Waals surface area contributed by atoms with Crippen LogP contribution in [0.25, 0.3) is 10.9 Å². The summed E-state index contributed by atoms with van der Waals surface area (Å²) in [6.07, 6.45) is 3.21. The summed E-state index contributed by atoms with van der Waals surface area (Å²) >= 11 is 0. The van der Waals surface area contributed by atoms with E-state index in [0.29, 0.717) is 11.5 Å². The molecule has 0 bridgehead atoms. The fourth-order valence-electron chi connectivity index (χ4n) is 1.54. The van der Waals surface area contributed by atoms with Gasteiger partial charge >= 0.3 is 6.48 Å². The van der Waals surface area contributed by atoms with E-state index < -0.39 is 6.48 Å². The number of nitrogens with zero attached hydrogens (tertiary/aromatic N) is 2. The third-order valence-electron chi connectivity index (χ3n) is 2.22. The molecule has 76 valence electrons. The van der Waals surface area contributed by atoms with Gasteiger partial charge in [-0.1, -0.05) is 0 Å². The Labute approximate surface area is 85.6 Å². The van der Waals surface area contributed by atoms with Crippen molar-refractivity contribution in [3.8, 4) is 11.5 Å². The molecule has 0 saturated carbocycles. The topological polar surface area (TPSA) is 53.5 Å². The van der Waals surface area contributed by atoms with Crippen LogP contribution in [-0.4, -0.2) is 23.6 Å². The van der Waals surface area contributed by atoms with Gasteiger partial charge in [0.25, 0.3) is 0 Å². The first-order chi connectivity index (χ1) is 7.38. The van der Waals surface area contributed by atoms with Crippen LogP contribution in [0.3, 0.4) is 0 Å². The molecule has 3 rings (SSSR count). The van der Waals surface area contributed by atoms with Crippen molar-refractivity contribution >= 4 is 10.9 Å². The molecule has 1 atom stereocenters. The minimum atomic E-state index is -0.680. The third-order valence-corrected chi connectivity index (χ3v) is 2.22. The summed E-state index contributed by atoms with van der Waals surface area (Å²) in [7, 11) is 1.52. The summed E-state index contributed by atoms with van der Waals surface area (Å²) in [5.41, 5.74) is 0.738. The van der Waals surface area contributed by atoms with Gasteiger partial charge in [-0.3, -0.25) is 0 Å². The van der Waals surface area contributed by atoms with E-state index in [9.17, 15) is 0 Å². The lowest BCUT2D eigenvalue weighted by atomic mass is 10.2. The van der Waals surface area contributed by atoms with Crippen LogP contribution in [0.5, 0.6) is 11.5 Å². The average molecular weight is 204 g/mol. The molecule has 0 amide bonds. The highest BCUT2D eigenvalue weighted by Crippen LogP contribution is 2.39. The first-order valence-corrected chi connectivity index (χ1v) is 4.47. The van der Waals surface area contributed by atoms with Crippen LogP contribution >= 0.6 is 0 Å². The van der Waals surface area contributed by atoms with Crippen molar-refractivity contribution in [2.75, 3.05) is 7.11 Å². The highest BCUT2D eigenvalue weighted by molar-refractivity contribution is 5.86. The summed E-state index contributed by atoms with van der Waals surface area (Å²) in [5.74, 6) is 1.26. The second-order valence-corrected chi connectivity index (χ2v) is 3.11.